The summed E-state index contributed by atoms with van der Waals surface area (Å²) in [5.41, 5.74) is 1.64. The lowest BCUT2D eigenvalue weighted by Crippen LogP contribution is -2.37. The van der Waals surface area contributed by atoms with Gasteiger partial charge in [-0.15, -0.1) is 0 Å². The average molecular weight is 259 g/mol. The highest BCUT2D eigenvalue weighted by molar-refractivity contribution is 5.82. The molecule has 4 heteroatoms. The first-order valence-electron chi connectivity index (χ1n) is 6.53. The Kier molecular flexibility index (Phi) is 3.35. The molecule has 0 aliphatic rings. The predicted molar refractivity (Wildman–Crippen MR) is 76.7 cm³/mol. The van der Waals surface area contributed by atoms with Gasteiger partial charge >= 0.3 is 0 Å². The smallest absolute Gasteiger partial charge is 0.225 e. The Labute approximate surface area is 113 Å². The summed E-state index contributed by atoms with van der Waals surface area (Å²) in [7, 11) is 1.98. The van der Waals surface area contributed by atoms with E-state index in [1.807, 2.05) is 63.6 Å². The van der Waals surface area contributed by atoms with Gasteiger partial charge in [0.25, 0.3) is 0 Å². The van der Waals surface area contributed by atoms with Crippen LogP contribution in [0.4, 0.5) is 0 Å². The molecule has 102 valence electrons. The van der Waals surface area contributed by atoms with E-state index in [1.54, 1.807) is 0 Å². The third kappa shape index (κ3) is 2.62. The second-order valence-electron chi connectivity index (χ2n) is 5.96. The van der Waals surface area contributed by atoms with Crippen LogP contribution in [0.3, 0.4) is 0 Å². The summed E-state index contributed by atoms with van der Waals surface area (Å²) < 4.78 is 2.03. The Morgan fingerprint density at radius 2 is 1.95 bits per heavy atom. The molecule has 0 aliphatic heterocycles. The van der Waals surface area contributed by atoms with E-state index in [4.69, 9.17) is 0 Å². The maximum Gasteiger partial charge on any atom is 0.225 e. The van der Waals surface area contributed by atoms with Gasteiger partial charge in [0, 0.05) is 12.5 Å². The minimum Gasteiger partial charge on any atom is -0.346 e. The van der Waals surface area contributed by atoms with Crippen LogP contribution in [-0.2, 0) is 11.8 Å². The number of aromatic nitrogens is 2. The molecule has 19 heavy (non-hydrogen) atoms. The van der Waals surface area contributed by atoms with Crippen molar-refractivity contribution < 1.29 is 4.79 Å². The second-order valence-corrected chi connectivity index (χ2v) is 5.96. The molecule has 0 saturated carbocycles. The molecule has 0 spiro atoms. The summed E-state index contributed by atoms with van der Waals surface area (Å²) in [4.78, 5) is 16.6. The molecule has 0 bridgehead atoms. The molecule has 0 aliphatic carbocycles. The topological polar surface area (TPSA) is 46.9 Å². The molecule has 2 aromatic rings. The average Bonchev–Trinajstić information content (AvgIpc) is 2.66. The molecular formula is C15H21N3O. The number of hydrogen-bond donors (Lipinski definition) is 1. The lowest BCUT2D eigenvalue weighted by atomic mass is 9.95. The lowest BCUT2D eigenvalue weighted by molar-refractivity contribution is -0.129. The zero-order valence-electron chi connectivity index (χ0n) is 12.2. The van der Waals surface area contributed by atoms with Crippen LogP contribution in [0.1, 0.15) is 39.6 Å². The highest BCUT2D eigenvalue weighted by Gasteiger charge is 2.24. The SMILES string of the molecule is C[C@@H](NC(=O)C(C)(C)C)c1nc2ccccc2n1C. The van der Waals surface area contributed by atoms with E-state index in [1.165, 1.54) is 0 Å². The van der Waals surface area contributed by atoms with Crippen LogP contribution in [0.5, 0.6) is 0 Å². The van der Waals surface area contributed by atoms with Crippen molar-refractivity contribution in [1.82, 2.24) is 14.9 Å². The fraction of sp³-hybridized carbons (Fsp3) is 0.467. The van der Waals surface area contributed by atoms with E-state index in [9.17, 15) is 4.79 Å². The van der Waals surface area contributed by atoms with E-state index in [2.05, 4.69) is 10.3 Å². The first-order chi connectivity index (χ1) is 8.80. The summed E-state index contributed by atoms with van der Waals surface area (Å²) in [5, 5.41) is 3.02. The van der Waals surface area contributed by atoms with Crippen molar-refractivity contribution >= 4 is 16.9 Å². The second kappa shape index (κ2) is 4.68. The van der Waals surface area contributed by atoms with E-state index in [0.29, 0.717) is 0 Å². The first kappa shape index (κ1) is 13.6. The number of amides is 1. The monoisotopic (exact) mass is 259 g/mol. The van der Waals surface area contributed by atoms with Gasteiger partial charge in [0.1, 0.15) is 5.82 Å². The van der Waals surface area contributed by atoms with Gasteiger partial charge in [-0.25, -0.2) is 4.98 Å². The van der Waals surface area contributed by atoms with E-state index < -0.39 is 5.41 Å². The van der Waals surface area contributed by atoms with Crippen LogP contribution >= 0.6 is 0 Å². The van der Waals surface area contributed by atoms with Crippen molar-refractivity contribution in [2.45, 2.75) is 33.7 Å². The van der Waals surface area contributed by atoms with Crippen molar-refractivity contribution in [3.8, 4) is 0 Å². The molecule has 0 unspecified atom stereocenters. The highest BCUT2D eigenvalue weighted by atomic mass is 16.2. The van der Waals surface area contributed by atoms with Crippen LogP contribution in [0.25, 0.3) is 11.0 Å². The zero-order valence-corrected chi connectivity index (χ0v) is 12.2. The summed E-state index contributed by atoms with van der Waals surface area (Å²) in [6, 6.07) is 7.87. The van der Waals surface area contributed by atoms with Crippen LogP contribution in [0.2, 0.25) is 0 Å². The maximum atomic E-state index is 12.0. The van der Waals surface area contributed by atoms with E-state index in [-0.39, 0.29) is 11.9 Å². The van der Waals surface area contributed by atoms with Gasteiger partial charge in [-0.2, -0.15) is 0 Å². The molecule has 2 rings (SSSR count). The molecule has 4 nitrogen and oxygen atoms in total. The molecular weight excluding hydrogens is 238 g/mol. The lowest BCUT2D eigenvalue weighted by Gasteiger charge is -2.21. The Morgan fingerprint density at radius 1 is 1.32 bits per heavy atom. The summed E-state index contributed by atoms with van der Waals surface area (Å²) in [6.45, 7) is 7.68. The number of fused-ring (bicyclic) bond motifs is 1. The quantitative estimate of drug-likeness (QED) is 0.901. The number of carbonyl (C=O) groups excluding carboxylic acids is 1. The normalized spacial score (nSPS) is 13.5. The molecule has 0 radical (unpaired) electrons. The molecule has 1 N–H and O–H groups in total. The van der Waals surface area contributed by atoms with Crippen LogP contribution in [0, 0.1) is 5.41 Å². The van der Waals surface area contributed by atoms with Gasteiger partial charge in [-0.05, 0) is 19.1 Å². The van der Waals surface area contributed by atoms with Crippen molar-refractivity contribution in [3.63, 3.8) is 0 Å². The van der Waals surface area contributed by atoms with Crippen LogP contribution in [0.15, 0.2) is 24.3 Å². The Hall–Kier alpha value is -1.84. The Balaban J connectivity index is 2.29. The third-order valence-electron chi connectivity index (χ3n) is 3.24. The highest BCUT2D eigenvalue weighted by Crippen LogP contribution is 2.21. The molecule has 1 aromatic carbocycles. The van der Waals surface area contributed by atoms with E-state index >= 15 is 0 Å². The molecule has 1 amide bonds. The Morgan fingerprint density at radius 3 is 2.53 bits per heavy atom. The fourth-order valence-corrected chi connectivity index (χ4v) is 2.03. The van der Waals surface area contributed by atoms with Crippen molar-refractivity contribution in [1.29, 1.82) is 0 Å². The summed E-state index contributed by atoms with van der Waals surface area (Å²) in [5.74, 6) is 0.908. The first-order valence-corrected chi connectivity index (χ1v) is 6.53. The number of benzene rings is 1. The minimum absolute atomic E-state index is 0.0343. The Bertz CT molecular complexity index is 607. The number of imidazole rings is 1. The van der Waals surface area contributed by atoms with Gasteiger partial charge in [-0.3, -0.25) is 4.79 Å². The molecule has 1 atom stereocenters. The number of hydrogen-bond acceptors (Lipinski definition) is 2. The number of carbonyl (C=O) groups is 1. The maximum absolute atomic E-state index is 12.0. The van der Waals surface area contributed by atoms with Crippen molar-refractivity contribution in [2.24, 2.45) is 12.5 Å². The van der Waals surface area contributed by atoms with Gasteiger partial charge in [-0.1, -0.05) is 32.9 Å². The number of rotatable bonds is 2. The number of aryl methyl sites for hydroxylation is 1. The van der Waals surface area contributed by atoms with Gasteiger partial charge < -0.3 is 9.88 Å². The third-order valence-corrected chi connectivity index (χ3v) is 3.24. The molecule has 0 fully saturated rings. The fourth-order valence-electron chi connectivity index (χ4n) is 2.03. The standard InChI is InChI=1S/C15H21N3O/c1-10(16-14(19)15(2,3)4)13-17-11-8-6-7-9-12(11)18(13)5/h6-10H,1-5H3,(H,16,19)/t10-/m1/s1. The van der Waals surface area contributed by atoms with Crippen molar-refractivity contribution in [3.05, 3.63) is 30.1 Å². The van der Waals surface area contributed by atoms with E-state index in [0.717, 1.165) is 16.9 Å². The summed E-state index contributed by atoms with van der Waals surface area (Å²) >= 11 is 0. The number of nitrogens with one attached hydrogen (secondary N) is 1. The van der Waals surface area contributed by atoms with Gasteiger partial charge in [0.2, 0.25) is 5.91 Å². The van der Waals surface area contributed by atoms with Crippen LogP contribution < -0.4 is 5.32 Å². The van der Waals surface area contributed by atoms with Gasteiger partial charge in [0.05, 0.1) is 17.1 Å². The molecule has 0 saturated heterocycles. The van der Waals surface area contributed by atoms with Gasteiger partial charge in [0.15, 0.2) is 0 Å². The van der Waals surface area contributed by atoms with Crippen LogP contribution in [-0.4, -0.2) is 15.5 Å². The zero-order chi connectivity index (χ0) is 14.2. The number of para-hydroxylation sites is 2. The molecule has 1 aromatic heterocycles. The molecule has 1 heterocycles. The minimum atomic E-state index is -0.390. The predicted octanol–water partition coefficient (Wildman–Crippen LogP) is 2.80. The largest absolute Gasteiger partial charge is 0.346 e. The summed E-state index contributed by atoms with van der Waals surface area (Å²) in [6.07, 6.45) is 0. The number of nitrogens with zero attached hydrogens (tertiary/aromatic N) is 2. The van der Waals surface area contributed by atoms with Crippen molar-refractivity contribution in [2.75, 3.05) is 0 Å².